The predicted molar refractivity (Wildman–Crippen MR) is 77.6 cm³/mol. The van der Waals surface area contributed by atoms with Crippen molar-refractivity contribution in [2.24, 2.45) is 5.92 Å². The zero-order valence-corrected chi connectivity index (χ0v) is 13.2. The molecule has 0 aromatic carbocycles. The van der Waals surface area contributed by atoms with Gasteiger partial charge in [-0.3, -0.25) is 19.2 Å². The van der Waals surface area contributed by atoms with Gasteiger partial charge in [0.1, 0.15) is 5.78 Å². The number of rotatable bonds is 10. The fourth-order valence-corrected chi connectivity index (χ4v) is 1.67. The minimum absolute atomic E-state index is 0.0373. The third kappa shape index (κ3) is 8.94. The highest BCUT2D eigenvalue weighted by Crippen LogP contribution is 2.07. The first-order valence-corrected chi connectivity index (χ1v) is 7.17. The van der Waals surface area contributed by atoms with Gasteiger partial charge < -0.3 is 10.1 Å². The van der Waals surface area contributed by atoms with Gasteiger partial charge in [-0.2, -0.15) is 0 Å². The highest BCUT2D eigenvalue weighted by atomic mass is 16.5. The van der Waals surface area contributed by atoms with Gasteiger partial charge in [-0.05, 0) is 26.7 Å². The zero-order chi connectivity index (χ0) is 16.4. The smallest absolute Gasteiger partial charge is 0.305 e. The SMILES string of the molecule is COC(=O)CCCCC(=O)N[C@@H](C)C(=O)C[C@@H](C)C(C)=O. The number of unbranched alkanes of at least 4 members (excludes halogenated alkanes) is 1. The highest BCUT2D eigenvalue weighted by Gasteiger charge is 2.19. The van der Waals surface area contributed by atoms with Crippen LogP contribution in [0, 0.1) is 5.92 Å². The average molecular weight is 299 g/mol. The molecule has 0 saturated carbocycles. The van der Waals surface area contributed by atoms with Crippen LogP contribution in [0.15, 0.2) is 0 Å². The van der Waals surface area contributed by atoms with E-state index in [1.165, 1.54) is 14.0 Å². The number of hydrogen-bond acceptors (Lipinski definition) is 5. The van der Waals surface area contributed by atoms with E-state index in [9.17, 15) is 19.2 Å². The molecule has 2 atom stereocenters. The second-order valence-electron chi connectivity index (χ2n) is 5.25. The standard InChI is InChI=1S/C15H25NO5/c1-10(12(3)17)9-13(18)11(2)16-14(19)7-5-6-8-15(20)21-4/h10-11H,5-9H2,1-4H3,(H,16,19)/t10-,11+/m1/s1. The molecule has 0 radical (unpaired) electrons. The molecule has 0 aliphatic heterocycles. The van der Waals surface area contributed by atoms with Gasteiger partial charge in [0.25, 0.3) is 0 Å². The normalized spacial score (nSPS) is 13.1. The lowest BCUT2D eigenvalue weighted by Crippen LogP contribution is -2.39. The Balaban J connectivity index is 3.95. The van der Waals surface area contributed by atoms with Crippen molar-refractivity contribution < 1.29 is 23.9 Å². The Morgan fingerprint density at radius 1 is 1.05 bits per heavy atom. The average Bonchev–Trinajstić information content (AvgIpc) is 2.42. The molecular formula is C15H25NO5. The van der Waals surface area contributed by atoms with Gasteiger partial charge in [0.15, 0.2) is 5.78 Å². The van der Waals surface area contributed by atoms with Crippen molar-refractivity contribution in [1.29, 1.82) is 0 Å². The van der Waals surface area contributed by atoms with E-state index in [4.69, 9.17) is 0 Å². The molecule has 0 heterocycles. The number of carbonyl (C=O) groups excluding carboxylic acids is 4. The topological polar surface area (TPSA) is 89.5 Å². The quantitative estimate of drug-likeness (QED) is 0.486. The van der Waals surface area contributed by atoms with Crippen LogP contribution in [0.4, 0.5) is 0 Å². The summed E-state index contributed by atoms with van der Waals surface area (Å²) >= 11 is 0. The molecule has 0 aliphatic carbocycles. The summed E-state index contributed by atoms with van der Waals surface area (Å²) in [4.78, 5) is 45.5. The number of esters is 1. The minimum atomic E-state index is -0.597. The first-order chi connectivity index (χ1) is 9.77. The number of ketones is 2. The Morgan fingerprint density at radius 2 is 1.62 bits per heavy atom. The molecule has 0 fully saturated rings. The number of amides is 1. The Kier molecular flexibility index (Phi) is 9.25. The van der Waals surface area contributed by atoms with Gasteiger partial charge in [0.05, 0.1) is 13.2 Å². The first-order valence-electron chi connectivity index (χ1n) is 7.17. The number of ether oxygens (including phenoxy) is 1. The molecule has 0 spiro atoms. The summed E-state index contributed by atoms with van der Waals surface area (Å²) in [5, 5.41) is 2.61. The van der Waals surface area contributed by atoms with Crippen LogP contribution in [0.2, 0.25) is 0 Å². The van der Waals surface area contributed by atoms with Gasteiger partial charge in [-0.25, -0.2) is 0 Å². The van der Waals surface area contributed by atoms with Crippen molar-refractivity contribution in [1.82, 2.24) is 5.32 Å². The molecule has 120 valence electrons. The summed E-state index contributed by atoms with van der Waals surface area (Å²) in [7, 11) is 1.32. The number of nitrogens with one attached hydrogen (secondary N) is 1. The van der Waals surface area contributed by atoms with Crippen molar-refractivity contribution >= 4 is 23.4 Å². The van der Waals surface area contributed by atoms with Crippen molar-refractivity contribution in [2.75, 3.05) is 7.11 Å². The van der Waals surface area contributed by atoms with E-state index in [-0.39, 0.29) is 48.6 Å². The number of Topliss-reactive ketones (excluding diaryl/α,β-unsaturated/α-hetero) is 2. The van der Waals surface area contributed by atoms with Crippen molar-refractivity contribution in [2.45, 2.75) is 58.9 Å². The second kappa shape index (κ2) is 10.1. The molecule has 0 saturated heterocycles. The summed E-state index contributed by atoms with van der Waals surface area (Å²) in [6.45, 7) is 4.76. The summed E-state index contributed by atoms with van der Waals surface area (Å²) < 4.78 is 4.50. The molecule has 6 heteroatoms. The molecule has 0 aliphatic rings. The van der Waals surface area contributed by atoms with Crippen LogP contribution in [0.3, 0.4) is 0 Å². The fraction of sp³-hybridized carbons (Fsp3) is 0.733. The Labute approximate surface area is 125 Å². The second-order valence-corrected chi connectivity index (χ2v) is 5.25. The number of hydrogen-bond donors (Lipinski definition) is 1. The van der Waals surface area contributed by atoms with Crippen LogP contribution >= 0.6 is 0 Å². The Hall–Kier alpha value is -1.72. The molecule has 1 amide bonds. The number of carbonyl (C=O) groups is 4. The van der Waals surface area contributed by atoms with Crippen LogP contribution < -0.4 is 5.32 Å². The van der Waals surface area contributed by atoms with E-state index in [2.05, 4.69) is 10.1 Å². The molecule has 0 aromatic rings. The van der Waals surface area contributed by atoms with Crippen LogP contribution in [-0.2, 0) is 23.9 Å². The van der Waals surface area contributed by atoms with Gasteiger partial charge in [-0.15, -0.1) is 0 Å². The van der Waals surface area contributed by atoms with Crippen molar-refractivity contribution in [3.8, 4) is 0 Å². The van der Waals surface area contributed by atoms with Crippen LogP contribution in [-0.4, -0.2) is 36.6 Å². The molecular weight excluding hydrogens is 274 g/mol. The molecule has 0 bridgehead atoms. The molecule has 6 nitrogen and oxygen atoms in total. The minimum Gasteiger partial charge on any atom is -0.469 e. The van der Waals surface area contributed by atoms with E-state index in [1.54, 1.807) is 13.8 Å². The third-order valence-electron chi connectivity index (χ3n) is 3.32. The molecule has 1 N–H and O–H groups in total. The summed E-state index contributed by atoms with van der Waals surface area (Å²) in [5.74, 6) is -1.03. The van der Waals surface area contributed by atoms with E-state index in [0.29, 0.717) is 12.8 Å². The van der Waals surface area contributed by atoms with E-state index < -0.39 is 6.04 Å². The summed E-state index contributed by atoms with van der Waals surface area (Å²) in [5.41, 5.74) is 0. The van der Waals surface area contributed by atoms with Crippen LogP contribution in [0.1, 0.15) is 52.9 Å². The first kappa shape index (κ1) is 19.3. The summed E-state index contributed by atoms with van der Waals surface area (Å²) in [6, 6.07) is -0.597. The lowest BCUT2D eigenvalue weighted by atomic mass is 9.98. The van der Waals surface area contributed by atoms with Crippen molar-refractivity contribution in [3.05, 3.63) is 0 Å². The monoisotopic (exact) mass is 299 g/mol. The van der Waals surface area contributed by atoms with Crippen LogP contribution in [0.25, 0.3) is 0 Å². The maximum atomic E-state index is 11.8. The van der Waals surface area contributed by atoms with E-state index in [0.717, 1.165) is 0 Å². The fourth-order valence-electron chi connectivity index (χ4n) is 1.67. The maximum Gasteiger partial charge on any atom is 0.305 e. The predicted octanol–water partition coefficient (Wildman–Crippen LogP) is 1.41. The zero-order valence-electron chi connectivity index (χ0n) is 13.2. The largest absolute Gasteiger partial charge is 0.469 e. The van der Waals surface area contributed by atoms with E-state index in [1.807, 2.05) is 0 Å². The van der Waals surface area contributed by atoms with Gasteiger partial charge >= 0.3 is 5.97 Å². The maximum absolute atomic E-state index is 11.8. The van der Waals surface area contributed by atoms with E-state index >= 15 is 0 Å². The molecule has 21 heavy (non-hydrogen) atoms. The Morgan fingerprint density at radius 3 is 2.14 bits per heavy atom. The van der Waals surface area contributed by atoms with Gasteiger partial charge in [0, 0.05) is 25.2 Å². The summed E-state index contributed by atoms with van der Waals surface area (Å²) in [6.07, 6.45) is 1.82. The molecule has 0 unspecified atom stereocenters. The Bertz CT molecular complexity index is 392. The van der Waals surface area contributed by atoms with Gasteiger partial charge in [-0.1, -0.05) is 6.92 Å². The lowest BCUT2D eigenvalue weighted by molar-refractivity contribution is -0.140. The van der Waals surface area contributed by atoms with Gasteiger partial charge in [0.2, 0.25) is 5.91 Å². The molecule has 0 aromatic heterocycles. The number of methoxy groups -OCH3 is 1. The van der Waals surface area contributed by atoms with Crippen LogP contribution in [0.5, 0.6) is 0 Å². The lowest BCUT2D eigenvalue weighted by Gasteiger charge is -2.14. The van der Waals surface area contributed by atoms with Crippen molar-refractivity contribution in [3.63, 3.8) is 0 Å². The third-order valence-corrected chi connectivity index (χ3v) is 3.32. The highest BCUT2D eigenvalue weighted by molar-refractivity contribution is 5.91. The molecule has 0 rings (SSSR count).